The number of benzene rings is 7. The highest BCUT2D eigenvalue weighted by Crippen LogP contribution is 2.65. The van der Waals surface area contributed by atoms with Gasteiger partial charge >= 0.3 is 0 Å². The lowest BCUT2D eigenvalue weighted by Crippen LogP contribution is -2.67. The van der Waals surface area contributed by atoms with Crippen molar-refractivity contribution in [1.82, 2.24) is 5.32 Å². The van der Waals surface area contributed by atoms with Crippen LogP contribution < -0.4 is 21.5 Å². The highest BCUT2D eigenvalue weighted by atomic mass is 32.2. The Morgan fingerprint density at radius 1 is 0.773 bits per heavy atom. The maximum atomic E-state index is 14.9. The Bertz CT molecular complexity index is 4480. The SMILES string of the molecule is CNCc1cc2ccccc2c2c1CCc1cc(C3CCC4C5C=CC3C4(O)C(Cc3ccccc3)C(C3(N=C(N)N)Oc4ccc6c(c4)CCC(C)C6CC(S(=O)(=O)O)C4C=C6CC(CC7CC(CO)CC#Cc8cc(O)ccc8C6O7)C4c4ccc3cc4)C5)ccc1C(O)C2. The van der Waals surface area contributed by atoms with E-state index in [0.29, 0.717) is 61.8 Å². The summed E-state index contributed by atoms with van der Waals surface area (Å²) in [5, 5.41) is 53.5. The van der Waals surface area contributed by atoms with E-state index in [2.05, 4.69) is 152 Å². The van der Waals surface area contributed by atoms with Gasteiger partial charge in [-0.1, -0.05) is 146 Å². The summed E-state index contributed by atoms with van der Waals surface area (Å²) in [5.41, 5.74) is 24.9. The summed E-state index contributed by atoms with van der Waals surface area (Å²) in [6, 6.07) is 47.8. The number of nitrogens with two attached hydrogens (primary N) is 2. The molecule has 0 radical (unpaired) electrons. The fourth-order valence-electron chi connectivity index (χ4n) is 20.8. The average Bonchev–Trinajstić information content (AvgIpc) is 0.740. The van der Waals surface area contributed by atoms with Crippen molar-refractivity contribution in [2.75, 3.05) is 13.7 Å². The summed E-state index contributed by atoms with van der Waals surface area (Å²) in [4.78, 5) is 5.47. The summed E-state index contributed by atoms with van der Waals surface area (Å²) in [6.07, 6.45) is 13.8. The molecular formula is C83H90N4O9S. The van der Waals surface area contributed by atoms with E-state index in [9.17, 15) is 33.4 Å². The Hall–Kier alpha value is -7.58. The molecule has 0 spiro atoms. The van der Waals surface area contributed by atoms with Crippen molar-refractivity contribution in [3.8, 4) is 23.3 Å². The summed E-state index contributed by atoms with van der Waals surface area (Å²) >= 11 is 0. The second kappa shape index (κ2) is 25.3. The van der Waals surface area contributed by atoms with Gasteiger partial charge in [-0.25, -0.2) is 4.99 Å². The number of aryl methyl sites for hydroxylation is 2. The molecule has 18 unspecified atom stereocenters. The lowest BCUT2D eigenvalue weighted by molar-refractivity contribution is -0.213. The van der Waals surface area contributed by atoms with Gasteiger partial charge in [-0.2, -0.15) is 8.42 Å². The van der Waals surface area contributed by atoms with Crippen molar-refractivity contribution in [3.63, 3.8) is 0 Å². The molecule has 18 rings (SSSR count). The van der Waals surface area contributed by atoms with Crippen molar-refractivity contribution in [2.45, 2.75) is 156 Å². The Morgan fingerprint density at radius 3 is 2.36 bits per heavy atom. The molecule has 10 N–H and O–H groups in total. The summed E-state index contributed by atoms with van der Waals surface area (Å²) < 4.78 is 56.5. The quantitative estimate of drug-likeness (QED) is 0.0222. The van der Waals surface area contributed by atoms with Crippen LogP contribution in [0.1, 0.15) is 167 Å². The third-order valence-corrected chi connectivity index (χ3v) is 26.3. The van der Waals surface area contributed by atoms with Crippen LogP contribution in [0.25, 0.3) is 10.8 Å². The number of ether oxygens (including phenoxy) is 2. The number of hydrogen-bond donors (Lipinski definition) is 8. The molecule has 6 aliphatic carbocycles. The number of guanidine groups is 1. The van der Waals surface area contributed by atoms with E-state index in [1.165, 1.54) is 27.5 Å². The van der Waals surface area contributed by atoms with Gasteiger partial charge in [-0.3, -0.25) is 4.55 Å². The predicted octanol–water partition coefficient (Wildman–Crippen LogP) is 13.0. The molecule has 14 bridgehead atoms. The van der Waals surface area contributed by atoms with Gasteiger partial charge in [0, 0.05) is 66.4 Å². The normalized spacial score (nSPS) is 33.0. The monoisotopic (exact) mass is 1320 g/mol. The number of fused-ring (bicyclic) bond motifs is 12. The molecule has 0 aromatic heterocycles. The largest absolute Gasteiger partial charge is 0.508 e. The van der Waals surface area contributed by atoms with Crippen LogP contribution in [0, 0.1) is 65.1 Å². The number of hydrogen-bond acceptors (Lipinski definition) is 10. The topological polar surface area (TPSA) is 230 Å². The first kappa shape index (κ1) is 64.1. The van der Waals surface area contributed by atoms with Crippen LogP contribution in [0.5, 0.6) is 11.5 Å². The Kier molecular flexibility index (Phi) is 16.7. The van der Waals surface area contributed by atoms with Gasteiger partial charge < -0.3 is 46.7 Å². The molecule has 18 atom stereocenters. The van der Waals surface area contributed by atoms with E-state index in [0.717, 1.165) is 95.2 Å². The number of aromatic hydroxyl groups is 1. The first-order chi connectivity index (χ1) is 47.0. The zero-order valence-corrected chi connectivity index (χ0v) is 56.3. The Balaban J connectivity index is 0.840. The second-order valence-corrected chi connectivity index (χ2v) is 31.9. The second-order valence-electron chi connectivity index (χ2n) is 30.3. The molecule has 502 valence electrons. The molecule has 97 heavy (non-hydrogen) atoms. The predicted molar refractivity (Wildman–Crippen MR) is 378 cm³/mol. The van der Waals surface area contributed by atoms with Crippen LogP contribution in [0.2, 0.25) is 0 Å². The Labute approximate surface area is 570 Å². The Morgan fingerprint density at radius 2 is 1.56 bits per heavy atom. The lowest BCUT2D eigenvalue weighted by atomic mass is 9.44. The first-order valence-corrected chi connectivity index (χ1v) is 37.2. The molecule has 0 amide bonds. The van der Waals surface area contributed by atoms with Crippen molar-refractivity contribution >= 4 is 26.9 Å². The lowest BCUT2D eigenvalue weighted by Gasteiger charge is -2.63. The molecule has 1 saturated heterocycles. The molecule has 7 aromatic rings. The summed E-state index contributed by atoms with van der Waals surface area (Å²) in [5.74, 6) is 3.88. The third-order valence-electron chi connectivity index (χ3n) is 25.1. The van der Waals surface area contributed by atoms with E-state index in [1.807, 2.05) is 25.2 Å². The number of phenols is 1. The maximum Gasteiger partial charge on any atom is 0.268 e. The van der Waals surface area contributed by atoms with Crippen molar-refractivity contribution in [2.24, 2.45) is 69.7 Å². The van der Waals surface area contributed by atoms with Gasteiger partial charge in [0.15, 0.2) is 5.96 Å². The van der Waals surface area contributed by atoms with E-state index >= 15 is 0 Å². The number of nitrogens with one attached hydrogen (secondary N) is 1. The van der Waals surface area contributed by atoms with E-state index < -0.39 is 62.6 Å². The number of aliphatic hydroxyl groups is 3. The molecule has 3 fully saturated rings. The van der Waals surface area contributed by atoms with Crippen LogP contribution in [-0.2, 0) is 59.2 Å². The molecular weight excluding hydrogens is 1230 g/mol. The minimum atomic E-state index is -4.74. The zero-order chi connectivity index (χ0) is 66.6. The van der Waals surface area contributed by atoms with E-state index in [1.54, 1.807) is 12.1 Å². The maximum absolute atomic E-state index is 14.9. The number of aliphatic hydroxyl groups excluding tert-OH is 2. The van der Waals surface area contributed by atoms with Crippen LogP contribution in [0.4, 0.5) is 0 Å². The van der Waals surface area contributed by atoms with E-state index in [4.69, 9.17) is 25.9 Å². The van der Waals surface area contributed by atoms with Gasteiger partial charge in [-0.05, 0) is 234 Å². The molecule has 13 nitrogen and oxygen atoms in total. The molecule has 2 saturated carbocycles. The molecule has 7 aromatic carbocycles. The van der Waals surface area contributed by atoms with Gasteiger partial charge in [0.1, 0.15) is 17.6 Å². The average molecular weight is 1320 g/mol. The third kappa shape index (κ3) is 11.3. The van der Waals surface area contributed by atoms with Crippen molar-refractivity contribution in [1.29, 1.82) is 0 Å². The fraction of sp³-hybridized carbons (Fsp3) is 0.434. The number of allylic oxidation sites excluding steroid dienone is 2. The molecule has 14 heteroatoms. The molecule has 5 heterocycles. The smallest absolute Gasteiger partial charge is 0.268 e. The summed E-state index contributed by atoms with van der Waals surface area (Å²) in [6.45, 7) is 2.84. The zero-order valence-electron chi connectivity index (χ0n) is 55.4. The summed E-state index contributed by atoms with van der Waals surface area (Å²) in [7, 11) is -2.75. The highest BCUT2D eigenvalue weighted by molar-refractivity contribution is 7.86. The number of phenolic OH excluding ortho intramolecular Hbond substituents is 1. The van der Waals surface area contributed by atoms with Crippen LogP contribution in [0.3, 0.4) is 0 Å². The van der Waals surface area contributed by atoms with Crippen molar-refractivity contribution in [3.05, 3.63) is 236 Å². The van der Waals surface area contributed by atoms with Gasteiger partial charge in [0.25, 0.3) is 10.1 Å². The first-order valence-electron chi connectivity index (χ1n) is 35.7. The van der Waals surface area contributed by atoms with E-state index in [-0.39, 0.29) is 78.2 Å². The van der Waals surface area contributed by atoms with Gasteiger partial charge in [0.05, 0.1) is 23.1 Å². The minimum absolute atomic E-state index is 0.0562. The minimum Gasteiger partial charge on any atom is -0.508 e. The number of aliphatic imine (C=N–C) groups is 1. The van der Waals surface area contributed by atoms with Crippen LogP contribution in [-0.4, -0.2) is 70.0 Å². The number of rotatable bonds is 9. The fourth-order valence-corrected chi connectivity index (χ4v) is 21.9. The number of nitrogens with zero attached hydrogens (tertiary/aromatic N) is 1. The standard InChI is InChI=1S/C83H90N4O9S/c1-47-15-16-55-39-62-25-29-65(55)70(47)44-78(97(92,93)94)72-41-58-37-57(40-63-33-49(46-88)11-8-13-52-38-61(89)24-28-69(52)80(58)95-63)79(72)50-17-22-60(23-18-50)83(96-62,87-81(84)85)76-42-56-21-31-74-67(30-32-73(56)82(74,91)75(76)34-48-9-4-3-5-10-48)53-20-27-68-54(35-53)19-26-66-59(45-86-2)36-51-12-6-7-14-64(51)71(66)43-77(68)90/h3-7,9-10,12,14,17-18,20-25,27-29,31,35-36,38-39,41,47,49,56-57,63,67,70,72-80,86,88-91H,11,15-16,19,26,30,32-34,37,40,42-46H2,1-2H3,(H4,84,85,87)(H,92,93,94). The van der Waals surface area contributed by atoms with Crippen LogP contribution >= 0.6 is 0 Å². The highest BCUT2D eigenvalue weighted by Gasteiger charge is 2.66. The van der Waals surface area contributed by atoms with Gasteiger partial charge in [-0.15, -0.1) is 0 Å². The molecule has 11 aliphatic rings. The van der Waals surface area contributed by atoms with Crippen molar-refractivity contribution < 1.29 is 42.9 Å². The van der Waals surface area contributed by atoms with Crippen LogP contribution in [0.15, 0.2) is 168 Å². The molecule has 5 aliphatic heterocycles. The van der Waals surface area contributed by atoms with Gasteiger partial charge in [0.2, 0.25) is 5.72 Å².